The Morgan fingerprint density at radius 1 is 0.957 bits per heavy atom. The van der Waals surface area contributed by atoms with Crippen LogP contribution in [0.5, 0.6) is 0 Å². The first-order valence-corrected chi connectivity index (χ1v) is 8.19. The molecule has 5 heteroatoms. The normalized spacial score (nSPS) is 10.4. The molecule has 0 saturated carbocycles. The number of amides is 2. The van der Waals surface area contributed by atoms with Crippen LogP contribution in [0.3, 0.4) is 0 Å². The quantitative estimate of drug-likeness (QED) is 0.754. The number of halogens is 1. The van der Waals surface area contributed by atoms with Gasteiger partial charge in [0.15, 0.2) is 0 Å². The fraction of sp³-hybridized carbons (Fsp3) is 0.222. The molecule has 0 unspecified atom stereocenters. The zero-order valence-corrected chi connectivity index (χ0v) is 14.7. The Kier molecular flexibility index (Phi) is 5.93. The summed E-state index contributed by atoms with van der Waals surface area (Å²) in [5.41, 5.74) is 2.54. The van der Waals surface area contributed by atoms with Crippen molar-refractivity contribution in [3.8, 4) is 0 Å². The number of anilines is 2. The van der Waals surface area contributed by atoms with Crippen LogP contribution in [0.15, 0.2) is 53.0 Å². The molecule has 0 aliphatic heterocycles. The summed E-state index contributed by atoms with van der Waals surface area (Å²) < 4.78 is 0.776. The van der Waals surface area contributed by atoms with Crippen LogP contribution in [-0.2, 0) is 9.59 Å². The van der Waals surface area contributed by atoms with E-state index in [2.05, 4.69) is 40.4 Å². The van der Waals surface area contributed by atoms with Crippen LogP contribution in [0.4, 0.5) is 11.4 Å². The highest BCUT2D eigenvalue weighted by atomic mass is 79.9. The van der Waals surface area contributed by atoms with E-state index in [1.54, 1.807) is 6.07 Å². The lowest BCUT2D eigenvalue weighted by Gasteiger charge is -2.09. The van der Waals surface area contributed by atoms with Gasteiger partial charge in [-0.25, -0.2) is 0 Å². The molecule has 2 N–H and O–H groups in total. The minimum absolute atomic E-state index is 0.229. The van der Waals surface area contributed by atoms with Crippen LogP contribution >= 0.6 is 15.9 Å². The summed E-state index contributed by atoms with van der Waals surface area (Å²) in [5.74, 6) is -0.255. The van der Waals surface area contributed by atoms with Gasteiger partial charge in [-0.2, -0.15) is 0 Å². The first kappa shape index (κ1) is 17.2. The van der Waals surface area contributed by atoms with E-state index in [0.29, 0.717) is 17.3 Å². The Bertz CT molecular complexity index is 696. The number of carbonyl (C=O) groups excluding carboxylic acids is 2. The second-order valence-corrected chi connectivity index (χ2v) is 6.38. The van der Waals surface area contributed by atoms with Gasteiger partial charge in [0, 0.05) is 10.2 Å². The lowest BCUT2D eigenvalue weighted by Crippen LogP contribution is -2.21. The smallest absolute Gasteiger partial charge is 0.233 e. The van der Waals surface area contributed by atoms with Crippen molar-refractivity contribution in [2.24, 2.45) is 0 Å². The third kappa shape index (κ3) is 5.21. The van der Waals surface area contributed by atoms with Gasteiger partial charge in [-0.15, -0.1) is 0 Å². The number of hydrogen-bond donors (Lipinski definition) is 2. The summed E-state index contributed by atoms with van der Waals surface area (Å²) in [6.07, 6.45) is -0.229. The SMILES string of the molecule is CC(C)c1ccc(NC(=O)CC(=O)Nc2ccccc2Br)cc1. The molecule has 0 aliphatic carbocycles. The van der Waals surface area contributed by atoms with Gasteiger partial charge in [-0.05, 0) is 51.7 Å². The van der Waals surface area contributed by atoms with Crippen molar-refractivity contribution in [2.75, 3.05) is 10.6 Å². The Morgan fingerprint density at radius 3 is 2.17 bits per heavy atom. The lowest BCUT2D eigenvalue weighted by molar-refractivity contribution is -0.123. The highest BCUT2D eigenvalue weighted by Gasteiger charge is 2.11. The maximum atomic E-state index is 11.9. The van der Waals surface area contributed by atoms with Crippen molar-refractivity contribution in [3.05, 3.63) is 58.6 Å². The van der Waals surface area contributed by atoms with E-state index in [4.69, 9.17) is 0 Å². The average molecular weight is 375 g/mol. The van der Waals surface area contributed by atoms with Crippen LogP contribution < -0.4 is 10.6 Å². The molecule has 2 rings (SSSR count). The topological polar surface area (TPSA) is 58.2 Å². The first-order chi connectivity index (χ1) is 11.0. The largest absolute Gasteiger partial charge is 0.326 e. The Morgan fingerprint density at radius 2 is 1.57 bits per heavy atom. The zero-order valence-electron chi connectivity index (χ0n) is 13.1. The van der Waals surface area contributed by atoms with E-state index in [-0.39, 0.29) is 18.2 Å². The Hall–Kier alpha value is -2.14. The van der Waals surface area contributed by atoms with Crippen molar-refractivity contribution in [2.45, 2.75) is 26.2 Å². The van der Waals surface area contributed by atoms with Gasteiger partial charge in [0.2, 0.25) is 11.8 Å². The van der Waals surface area contributed by atoms with E-state index in [0.717, 1.165) is 4.47 Å². The third-order valence-corrected chi connectivity index (χ3v) is 4.02. The summed E-state index contributed by atoms with van der Waals surface area (Å²) in [5, 5.41) is 5.43. The predicted octanol–water partition coefficient (Wildman–Crippen LogP) is 4.54. The summed E-state index contributed by atoms with van der Waals surface area (Å²) in [6, 6.07) is 14.9. The van der Waals surface area contributed by atoms with Gasteiger partial charge < -0.3 is 10.6 Å². The minimum Gasteiger partial charge on any atom is -0.326 e. The Labute approximate surface area is 144 Å². The molecule has 0 bridgehead atoms. The molecule has 2 amide bonds. The van der Waals surface area contributed by atoms with E-state index < -0.39 is 0 Å². The maximum absolute atomic E-state index is 11.9. The summed E-state index contributed by atoms with van der Waals surface area (Å²) >= 11 is 3.35. The average Bonchev–Trinajstić information content (AvgIpc) is 2.50. The van der Waals surface area contributed by atoms with Crippen LogP contribution in [0.25, 0.3) is 0 Å². The van der Waals surface area contributed by atoms with E-state index in [9.17, 15) is 9.59 Å². The van der Waals surface area contributed by atoms with E-state index in [1.165, 1.54) is 5.56 Å². The molecule has 0 fully saturated rings. The number of nitrogens with one attached hydrogen (secondary N) is 2. The molecule has 0 radical (unpaired) electrons. The molecule has 0 spiro atoms. The van der Waals surface area contributed by atoms with Gasteiger partial charge in [0.25, 0.3) is 0 Å². The number of benzene rings is 2. The predicted molar refractivity (Wildman–Crippen MR) is 96.5 cm³/mol. The van der Waals surface area contributed by atoms with Crippen LogP contribution in [0.2, 0.25) is 0 Å². The molecule has 0 aromatic heterocycles. The lowest BCUT2D eigenvalue weighted by atomic mass is 10.0. The number of rotatable bonds is 5. The van der Waals surface area contributed by atoms with Crippen molar-refractivity contribution < 1.29 is 9.59 Å². The maximum Gasteiger partial charge on any atom is 0.233 e. The first-order valence-electron chi connectivity index (χ1n) is 7.40. The molecule has 2 aromatic rings. The van der Waals surface area contributed by atoms with Gasteiger partial charge in [-0.1, -0.05) is 38.1 Å². The van der Waals surface area contributed by atoms with Gasteiger partial charge in [-0.3, -0.25) is 9.59 Å². The van der Waals surface area contributed by atoms with Crippen molar-refractivity contribution >= 4 is 39.1 Å². The molecule has 0 heterocycles. The molecular formula is C18H19BrN2O2. The highest BCUT2D eigenvalue weighted by Crippen LogP contribution is 2.21. The highest BCUT2D eigenvalue weighted by molar-refractivity contribution is 9.10. The minimum atomic E-state index is -0.354. The van der Waals surface area contributed by atoms with Crippen LogP contribution in [0, 0.1) is 0 Å². The van der Waals surface area contributed by atoms with Crippen molar-refractivity contribution in [1.29, 1.82) is 0 Å². The fourth-order valence-electron chi connectivity index (χ4n) is 2.06. The van der Waals surface area contributed by atoms with Gasteiger partial charge in [0.05, 0.1) is 5.69 Å². The molecule has 2 aromatic carbocycles. The number of carbonyl (C=O) groups is 2. The van der Waals surface area contributed by atoms with E-state index >= 15 is 0 Å². The standard InChI is InChI=1S/C18H19BrN2O2/c1-12(2)13-7-9-14(10-8-13)20-17(22)11-18(23)21-16-6-4-3-5-15(16)19/h3-10,12H,11H2,1-2H3,(H,20,22)(H,21,23). The molecule has 120 valence electrons. The molecule has 0 saturated heterocycles. The zero-order chi connectivity index (χ0) is 16.8. The molecule has 0 atom stereocenters. The number of hydrogen-bond acceptors (Lipinski definition) is 2. The molecule has 23 heavy (non-hydrogen) atoms. The van der Waals surface area contributed by atoms with Gasteiger partial charge in [0.1, 0.15) is 6.42 Å². The summed E-state index contributed by atoms with van der Waals surface area (Å²) in [4.78, 5) is 23.8. The van der Waals surface area contributed by atoms with Gasteiger partial charge >= 0.3 is 0 Å². The third-order valence-electron chi connectivity index (χ3n) is 3.33. The molecular weight excluding hydrogens is 356 g/mol. The van der Waals surface area contributed by atoms with Crippen LogP contribution in [0.1, 0.15) is 31.7 Å². The molecule has 0 aliphatic rings. The number of para-hydroxylation sites is 1. The monoisotopic (exact) mass is 374 g/mol. The second kappa shape index (κ2) is 7.92. The van der Waals surface area contributed by atoms with Crippen LogP contribution in [-0.4, -0.2) is 11.8 Å². The summed E-state index contributed by atoms with van der Waals surface area (Å²) in [7, 11) is 0. The van der Waals surface area contributed by atoms with Crippen molar-refractivity contribution in [3.63, 3.8) is 0 Å². The van der Waals surface area contributed by atoms with Crippen molar-refractivity contribution in [1.82, 2.24) is 0 Å². The fourth-order valence-corrected chi connectivity index (χ4v) is 2.44. The summed E-state index contributed by atoms with van der Waals surface area (Å²) in [6.45, 7) is 4.22. The second-order valence-electron chi connectivity index (χ2n) is 5.53. The Balaban J connectivity index is 1.89. The molecule has 4 nitrogen and oxygen atoms in total. The van der Waals surface area contributed by atoms with E-state index in [1.807, 2.05) is 42.5 Å².